The van der Waals surface area contributed by atoms with Crippen LogP contribution < -0.4 is 10.2 Å². The first kappa shape index (κ1) is 25.4. The van der Waals surface area contributed by atoms with Crippen molar-refractivity contribution in [1.29, 1.82) is 0 Å². The molecule has 1 atom stereocenters. The molecule has 2 N–H and O–H groups in total. The van der Waals surface area contributed by atoms with Crippen molar-refractivity contribution in [2.45, 2.75) is 52.1 Å². The molecule has 0 saturated heterocycles. The number of carboxylic acid groups (broad SMARTS) is 1. The van der Waals surface area contributed by atoms with Crippen LogP contribution in [0.1, 0.15) is 45.2 Å². The molecule has 0 bridgehead atoms. The van der Waals surface area contributed by atoms with E-state index in [9.17, 15) is 14.7 Å². The number of carboxylic acids is 1. The molecule has 1 amide bonds. The predicted octanol–water partition coefficient (Wildman–Crippen LogP) is 4.54. The quantitative estimate of drug-likeness (QED) is 0.515. The summed E-state index contributed by atoms with van der Waals surface area (Å²) in [6.45, 7) is 10.5. The highest BCUT2D eigenvalue weighted by molar-refractivity contribution is 6.18. The van der Waals surface area contributed by atoms with Crippen LogP contribution in [0.2, 0.25) is 0 Å². The van der Waals surface area contributed by atoms with E-state index in [-0.39, 0.29) is 13.0 Å². The number of hydrogen-bond donors (Lipinski definition) is 2. The van der Waals surface area contributed by atoms with Gasteiger partial charge in [-0.05, 0) is 51.0 Å². The fourth-order valence-electron chi connectivity index (χ4n) is 3.20. The maximum atomic E-state index is 12.1. The highest BCUT2D eigenvalue weighted by Gasteiger charge is 2.33. The Hall–Kier alpha value is -1.66. The molecule has 0 saturated carbocycles. The number of rotatable bonds is 10. The van der Waals surface area contributed by atoms with Gasteiger partial charge in [-0.1, -0.05) is 13.0 Å². The zero-order valence-corrected chi connectivity index (χ0v) is 19.4. The Morgan fingerprint density at radius 2 is 1.72 bits per heavy atom. The average molecular weight is 447 g/mol. The van der Waals surface area contributed by atoms with Gasteiger partial charge in [0, 0.05) is 42.5 Å². The molecule has 0 heterocycles. The number of nitrogens with zero attached hydrogens (tertiary/aromatic N) is 1. The molecule has 0 aliphatic carbocycles. The number of aliphatic carboxylic acids is 1. The zero-order chi connectivity index (χ0) is 22.2. The highest BCUT2D eigenvalue weighted by atomic mass is 35.5. The third kappa shape index (κ3) is 8.31. The number of carbonyl (C=O) groups excluding carboxylic acids is 1. The fraction of sp³-hybridized carbons (Fsp3) is 0.619. The Bertz CT molecular complexity index is 700. The Morgan fingerprint density at radius 3 is 2.21 bits per heavy atom. The largest absolute Gasteiger partial charge is 0.481 e. The van der Waals surface area contributed by atoms with Gasteiger partial charge >= 0.3 is 12.1 Å². The summed E-state index contributed by atoms with van der Waals surface area (Å²) in [6.07, 6.45) is -0.716. The fourth-order valence-corrected chi connectivity index (χ4v) is 3.61. The van der Waals surface area contributed by atoms with E-state index >= 15 is 0 Å². The number of alkyl carbamates (subject to hydrolysis) is 1. The lowest BCUT2D eigenvalue weighted by atomic mass is 9.77. The van der Waals surface area contributed by atoms with Crippen LogP contribution in [0.5, 0.6) is 0 Å². The second-order valence-corrected chi connectivity index (χ2v) is 9.11. The number of alkyl halides is 2. The summed E-state index contributed by atoms with van der Waals surface area (Å²) in [5, 5.41) is 12.2. The third-order valence-electron chi connectivity index (χ3n) is 4.51. The summed E-state index contributed by atoms with van der Waals surface area (Å²) in [4.78, 5) is 25.8. The van der Waals surface area contributed by atoms with E-state index in [1.807, 2.05) is 32.0 Å². The second kappa shape index (κ2) is 10.9. The van der Waals surface area contributed by atoms with Gasteiger partial charge in [0.25, 0.3) is 0 Å². The van der Waals surface area contributed by atoms with Gasteiger partial charge < -0.3 is 20.1 Å². The minimum absolute atomic E-state index is 0.128. The second-order valence-electron chi connectivity index (χ2n) is 8.35. The van der Waals surface area contributed by atoms with Crippen molar-refractivity contribution in [3.05, 3.63) is 29.3 Å². The van der Waals surface area contributed by atoms with Crippen LogP contribution in [-0.4, -0.2) is 54.2 Å². The summed E-state index contributed by atoms with van der Waals surface area (Å²) >= 11 is 11.9. The Morgan fingerprint density at radius 1 is 1.14 bits per heavy atom. The first-order valence-corrected chi connectivity index (χ1v) is 10.7. The first-order valence-electron chi connectivity index (χ1n) is 9.58. The molecule has 1 unspecified atom stereocenters. The maximum Gasteiger partial charge on any atom is 0.407 e. The topological polar surface area (TPSA) is 78.9 Å². The van der Waals surface area contributed by atoms with E-state index in [1.165, 1.54) is 0 Å². The standard InChI is InChI=1S/C21H32Cl2N2O4/c1-15-6-7-16(25(10-8-22)11-9-23)12-17(15)21(5,13-18(26)27)14-24-19(28)29-20(2,3)4/h6-7,12H,8-11,13-14H2,1-5H3,(H,24,28)(H,26,27). The molecular formula is C21H32Cl2N2O4. The minimum Gasteiger partial charge on any atom is -0.481 e. The van der Waals surface area contributed by atoms with E-state index in [0.717, 1.165) is 16.8 Å². The van der Waals surface area contributed by atoms with Gasteiger partial charge in [-0.3, -0.25) is 4.79 Å². The summed E-state index contributed by atoms with van der Waals surface area (Å²) in [7, 11) is 0. The van der Waals surface area contributed by atoms with Crippen LogP contribution in [0.25, 0.3) is 0 Å². The van der Waals surface area contributed by atoms with Crippen molar-refractivity contribution in [3.63, 3.8) is 0 Å². The van der Waals surface area contributed by atoms with Crippen molar-refractivity contribution < 1.29 is 19.4 Å². The van der Waals surface area contributed by atoms with Crippen molar-refractivity contribution in [2.75, 3.05) is 36.3 Å². The summed E-state index contributed by atoms with van der Waals surface area (Å²) < 4.78 is 5.30. The summed E-state index contributed by atoms with van der Waals surface area (Å²) in [6, 6.07) is 5.89. The van der Waals surface area contributed by atoms with Crippen LogP contribution >= 0.6 is 23.2 Å². The number of halogens is 2. The third-order valence-corrected chi connectivity index (χ3v) is 4.85. The molecule has 8 heteroatoms. The molecular weight excluding hydrogens is 415 g/mol. The van der Waals surface area contributed by atoms with Crippen molar-refractivity contribution in [3.8, 4) is 0 Å². The molecule has 0 aliphatic rings. The number of nitrogens with one attached hydrogen (secondary N) is 1. The first-order chi connectivity index (χ1) is 13.4. The SMILES string of the molecule is Cc1ccc(N(CCCl)CCCl)cc1C(C)(CNC(=O)OC(C)(C)C)CC(=O)O. The number of anilines is 1. The number of hydrogen-bond acceptors (Lipinski definition) is 4. The van der Waals surface area contributed by atoms with Crippen LogP contribution in [0.4, 0.5) is 10.5 Å². The van der Waals surface area contributed by atoms with Crippen molar-refractivity contribution in [2.24, 2.45) is 0 Å². The molecule has 0 aliphatic heterocycles. The van der Waals surface area contributed by atoms with E-state index < -0.39 is 23.1 Å². The molecule has 164 valence electrons. The molecule has 1 rings (SSSR count). The molecule has 6 nitrogen and oxygen atoms in total. The van der Waals surface area contributed by atoms with Crippen LogP contribution in [-0.2, 0) is 14.9 Å². The number of benzene rings is 1. The van der Waals surface area contributed by atoms with Crippen LogP contribution in [0, 0.1) is 6.92 Å². The van der Waals surface area contributed by atoms with E-state index in [4.69, 9.17) is 27.9 Å². The van der Waals surface area contributed by atoms with Crippen molar-refractivity contribution in [1.82, 2.24) is 5.32 Å². The zero-order valence-electron chi connectivity index (χ0n) is 17.8. The van der Waals surface area contributed by atoms with Gasteiger partial charge in [0.15, 0.2) is 0 Å². The molecule has 0 aromatic heterocycles. The smallest absolute Gasteiger partial charge is 0.407 e. The van der Waals surface area contributed by atoms with Gasteiger partial charge in [-0.25, -0.2) is 4.79 Å². The average Bonchev–Trinajstić information content (AvgIpc) is 2.58. The number of aryl methyl sites for hydroxylation is 1. The van der Waals surface area contributed by atoms with Gasteiger partial charge in [0.2, 0.25) is 0 Å². The summed E-state index contributed by atoms with van der Waals surface area (Å²) in [5.41, 5.74) is 1.26. The number of ether oxygens (including phenoxy) is 1. The lowest BCUT2D eigenvalue weighted by Gasteiger charge is -2.33. The van der Waals surface area contributed by atoms with E-state index in [2.05, 4.69) is 10.2 Å². The Labute approximate surface area is 183 Å². The Kier molecular flexibility index (Phi) is 9.56. The van der Waals surface area contributed by atoms with Gasteiger partial charge in [0.05, 0.1) is 6.42 Å². The normalized spacial score (nSPS) is 13.5. The maximum absolute atomic E-state index is 12.1. The van der Waals surface area contributed by atoms with Gasteiger partial charge in [0.1, 0.15) is 5.60 Å². The van der Waals surface area contributed by atoms with Crippen LogP contribution in [0.15, 0.2) is 18.2 Å². The lowest BCUT2D eigenvalue weighted by molar-refractivity contribution is -0.138. The van der Waals surface area contributed by atoms with Gasteiger partial charge in [-0.2, -0.15) is 0 Å². The highest BCUT2D eigenvalue weighted by Crippen LogP contribution is 2.33. The van der Waals surface area contributed by atoms with Crippen LogP contribution in [0.3, 0.4) is 0 Å². The molecule has 1 aromatic carbocycles. The molecule has 0 spiro atoms. The Balaban J connectivity index is 3.23. The predicted molar refractivity (Wildman–Crippen MR) is 119 cm³/mol. The monoisotopic (exact) mass is 446 g/mol. The summed E-state index contributed by atoms with van der Waals surface area (Å²) in [5.74, 6) is -0.0407. The van der Waals surface area contributed by atoms with E-state index in [1.54, 1.807) is 20.8 Å². The molecule has 0 radical (unpaired) electrons. The number of amides is 1. The lowest BCUT2D eigenvalue weighted by Crippen LogP contribution is -2.42. The minimum atomic E-state index is -0.943. The van der Waals surface area contributed by atoms with Crippen molar-refractivity contribution >= 4 is 41.0 Å². The molecule has 1 aromatic rings. The molecule has 0 fully saturated rings. The number of carbonyl (C=O) groups is 2. The van der Waals surface area contributed by atoms with Gasteiger partial charge in [-0.15, -0.1) is 23.2 Å². The molecule has 29 heavy (non-hydrogen) atoms. The van der Waals surface area contributed by atoms with E-state index in [0.29, 0.717) is 24.8 Å².